The number of benzene rings is 1. The smallest absolute Gasteiger partial charge is 0.165 e. The topological polar surface area (TPSA) is 73.2 Å². The van der Waals surface area contributed by atoms with E-state index in [0.29, 0.717) is 18.6 Å². The maximum Gasteiger partial charge on any atom is 0.165 e. The van der Waals surface area contributed by atoms with Crippen LogP contribution in [0.2, 0.25) is 0 Å². The summed E-state index contributed by atoms with van der Waals surface area (Å²) in [6.07, 6.45) is 3.44. The van der Waals surface area contributed by atoms with Crippen molar-refractivity contribution in [3.05, 3.63) is 23.3 Å². The van der Waals surface area contributed by atoms with Crippen LogP contribution < -0.4 is 4.74 Å². The Morgan fingerprint density at radius 1 is 1.28 bits per heavy atom. The zero-order chi connectivity index (χ0) is 17.3. The Bertz CT molecular complexity index is 703. The van der Waals surface area contributed by atoms with E-state index in [1.54, 1.807) is 6.07 Å². The number of aromatic hydroxyl groups is 1. The molecule has 2 fully saturated rings. The van der Waals surface area contributed by atoms with E-state index in [0.717, 1.165) is 36.6 Å². The minimum Gasteiger partial charge on any atom is -0.504 e. The molecule has 25 heavy (non-hydrogen) atoms. The molecule has 0 bridgehead atoms. The molecule has 1 aliphatic heterocycles. The van der Waals surface area contributed by atoms with Crippen molar-refractivity contribution < 1.29 is 20.1 Å². The van der Waals surface area contributed by atoms with Crippen LogP contribution in [0.4, 0.5) is 0 Å². The average molecular weight is 345 g/mol. The van der Waals surface area contributed by atoms with Crippen LogP contribution in [0.1, 0.15) is 49.7 Å². The summed E-state index contributed by atoms with van der Waals surface area (Å²) in [5.41, 5.74) is 1.18. The van der Waals surface area contributed by atoms with Crippen molar-refractivity contribution in [3.8, 4) is 11.5 Å². The zero-order valence-corrected chi connectivity index (χ0v) is 14.7. The summed E-state index contributed by atoms with van der Waals surface area (Å²) in [6.45, 7) is 4.14. The van der Waals surface area contributed by atoms with Crippen LogP contribution in [0.15, 0.2) is 12.1 Å². The molecular formula is C20H27NO4. The first kappa shape index (κ1) is 15.9. The van der Waals surface area contributed by atoms with Gasteiger partial charge in [0.25, 0.3) is 0 Å². The van der Waals surface area contributed by atoms with Gasteiger partial charge in [-0.05, 0) is 56.2 Å². The number of aliphatic hydroxyl groups excluding tert-OH is 1. The Morgan fingerprint density at radius 2 is 2.08 bits per heavy atom. The molecule has 3 N–H and O–H groups in total. The summed E-state index contributed by atoms with van der Waals surface area (Å²) in [5.74, 6) is 1.12. The Hall–Kier alpha value is -1.30. The summed E-state index contributed by atoms with van der Waals surface area (Å²) in [7, 11) is 0. The van der Waals surface area contributed by atoms with Crippen molar-refractivity contribution >= 4 is 0 Å². The molecule has 1 unspecified atom stereocenters. The van der Waals surface area contributed by atoms with Crippen LogP contribution in [0.5, 0.6) is 11.5 Å². The lowest BCUT2D eigenvalue weighted by atomic mass is 9.61. The van der Waals surface area contributed by atoms with Crippen molar-refractivity contribution in [2.45, 2.75) is 68.8 Å². The van der Waals surface area contributed by atoms with Gasteiger partial charge in [0.05, 0.1) is 17.6 Å². The largest absolute Gasteiger partial charge is 0.504 e. The first-order chi connectivity index (χ1) is 12.0. The number of hydrogen-bond donors (Lipinski definition) is 3. The van der Waals surface area contributed by atoms with Gasteiger partial charge in [-0.25, -0.2) is 0 Å². The molecule has 5 rings (SSSR count). The molecule has 136 valence electrons. The lowest BCUT2D eigenvalue weighted by Crippen LogP contribution is -2.64. The minimum atomic E-state index is -0.902. The van der Waals surface area contributed by atoms with Crippen LogP contribution in [0.25, 0.3) is 0 Å². The van der Waals surface area contributed by atoms with Crippen LogP contribution in [-0.4, -0.2) is 57.2 Å². The lowest BCUT2D eigenvalue weighted by Gasteiger charge is -2.53. The number of hydrogen-bond acceptors (Lipinski definition) is 5. The highest BCUT2D eigenvalue weighted by molar-refractivity contribution is 5.58. The molecule has 1 heterocycles. The summed E-state index contributed by atoms with van der Waals surface area (Å²) >= 11 is 0. The standard InChI is InChI=1S/C20H27NO4/c1-2-21(10-11-3-4-11)15-9-12-5-6-13(22)18-16(12)17-19(25-18)14(23)7-8-20(15,17)24/h5-6,11,14-15,17,19,22-24H,2-4,7-10H2,1H3/t14-,15-,17?,19+,20-/m1/s1. The summed E-state index contributed by atoms with van der Waals surface area (Å²) < 4.78 is 5.99. The van der Waals surface area contributed by atoms with E-state index < -0.39 is 17.8 Å². The van der Waals surface area contributed by atoms with E-state index in [1.165, 1.54) is 12.8 Å². The van der Waals surface area contributed by atoms with Gasteiger partial charge in [0.2, 0.25) is 0 Å². The average Bonchev–Trinajstić information content (AvgIpc) is 3.32. The van der Waals surface area contributed by atoms with Crippen LogP contribution in [0.3, 0.4) is 0 Å². The molecule has 1 aromatic carbocycles. The third kappa shape index (κ3) is 2.19. The Labute approximate surface area is 148 Å². The van der Waals surface area contributed by atoms with Crippen molar-refractivity contribution in [2.75, 3.05) is 13.1 Å². The second kappa shape index (κ2) is 5.35. The van der Waals surface area contributed by atoms with E-state index >= 15 is 0 Å². The Kier molecular flexibility index (Phi) is 3.41. The number of ether oxygens (including phenoxy) is 1. The SMILES string of the molecule is CCN(CC1CC1)[C@@H]1Cc2ccc(O)c3c2C2[C@@H](O3)[C@H](O)CC[C@]21O. The normalized spacial score (nSPS) is 38.6. The Morgan fingerprint density at radius 3 is 2.80 bits per heavy atom. The third-order valence-electron chi connectivity index (χ3n) is 6.94. The number of rotatable bonds is 4. The van der Waals surface area contributed by atoms with Gasteiger partial charge in [0, 0.05) is 18.2 Å². The monoisotopic (exact) mass is 345 g/mol. The van der Waals surface area contributed by atoms with Gasteiger partial charge in [-0.2, -0.15) is 0 Å². The molecule has 5 heteroatoms. The second-order valence-electron chi connectivity index (χ2n) is 8.39. The number of phenols is 1. The highest BCUT2D eigenvalue weighted by Crippen LogP contribution is 2.59. The van der Waals surface area contributed by atoms with Crippen molar-refractivity contribution in [1.82, 2.24) is 4.90 Å². The summed E-state index contributed by atoms with van der Waals surface area (Å²) in [4.78, 5) is 2.44. The van der Waals surface area contributed by atoms with Crippen molar-refractivity contribution in [2.24, 2.45) is 5.92 Å². The number of likely N-dealkylation sites (N-methyl/N-ethyl adjacent to an activating group) is 1. The van der Waals surface area contributed by atoms with E-state index in [4.69, 9.17) is 4.74 Å². The molecule has 4 aliphatic rings. The summed E-state index contributed by atoms with van der Waals surface area (Å²) in [6, 6.07) is 3.71. The van der Waals surface area contributed by atoms with Gasteiger partial charge in [-0.15, -0.1) is 0 Å². The molecular weight excluding hydrogens is 318 g/mol. The lowest BCUT2D eigenvalue weighted by molar-refractivity contribution is -0.140. The fraction of sp³-hybridized carbons (Fsp3) is 0.700. The zero-order valence-electron chi connectivity index (χ0n) is 14.7. The first-order valence-corrected chi connectivity index (χ1v) is 9.68. The predicted octanol–water partition coefficient (Wildman–Crippen LogP) is 1.78. The second-order valence-corrected chi connectivity index (χ2v) is 8.39. The molecule has 0 radical (unpaired) electrons. The molecule has 3 aliphatic carbocycles. The number of nitrogens with zero attached hydrogens (tertiary/aromatic N) is 1. The van der Waals surface area contributed by atoms with Crippen LogP contribution in [0, 0.1) is 5.92 Å². The highest BCUT2D eigenvalue weighted by atomic mass is 16.5. The first-order valence-electron chi connectivity index (χ1n) is 9.68. The maximum atomic E-state index is 11.8. The van der Waals surface area contributed by atoms with Gasteiger partial charge < -0.3 is 20.1 Å². The molecule has 0 aromatic heterocycles. The minimum absolute atomic E-state index is 0.0460. The molecule has 2 saturated carbocycles. The van der Waals surface area contributed by atoms with E-state index in [2.05, 4.69) is 11.8 Å². The van der Waals surface area contributed by atoms with Crippen molar-refractivity contribution in [3.63, 3.8) is 0 Å². The van der Waals surface area contributed by atoms with Gasteiger partial charge in [-0.3, -0.25) is 4.90 Å². The third-order valence-corrected chi connectivity index (χ3v) is 6.94. The predicted molar refractivity (Wildman–Crippen MR) is 92.9 cm³/mol. The van der Waals surface area contributed by atoms with Gasteiger partial charge >= 0.3 is 0 Å². The highest BCUT2D eigenvalue weighted by Gasteiger charge is 2.61. The molecule has 1 aromatic rings. The van der Waals surface area contributed by atoms with Crippen LogP contribution in [-0.2, 0) is 6.42 Å². The van der Waals surface area contributed by atoms with Gasteiger partial charge in [0.1, 0.15) is 6.10 Å². The Balaban J connectivity index is 1.61. The number of phenolic OH excluding ortho intramolecular Hbond substituents is 1. The summed E-state index contributed by atoms with van der Waals surface area (Å²) in [5, 5.41) is 32.6. The quantitative estimate of drug-likeness (QED) is 0.776. The van der Waals surface area contributed by atoms with Gasteiger partial charge in [0.15, 0.2) is 11.5 Å². The number of aliphatic hydroxyl groups is 2. The molecule has 0 amide bonds. The van der Waals surface area contributed by atoms with Crippen LogP contribution >= 0.6 is 0 Å². The molecule has 5 atom stereocenters. The van der Waals surface area contributed by atoms with E-state index in [1.807, 2.05) is 6.07 Å². The fourth-order valence-electron chi connectivity index (χ4n) is 5.49. The van der Waals surface area contributed by atoms with E-state index in [9.17, 15) is 15.3 Å². The maximum absolute atomic E-state index is 11.8. The van der Waals surface area contributed by atoms with E-state index in [-0.39, 0.29) is 17.7 Å². The molecule has 0 saturated heterocycles. The fourth-order valence-corrected chi connectivity index (χ4v) is 5.49. The van der Waals surface area contributed by atoms with Gasteiger partial charge in [-0.1, -0.05) is 13.0 Å². The molecule has 5 nitrogen and oxygen atoms in total. The molecule has 0 spiro atoms. The van der Waals surface area contributed by atoms with Crippen molar-refractivity contribution in [1.29, 1.82) is 0 Å².